The predicted octanol–water partition coefficient (Wildman–Crippen LogP) is 2.54. The van der Waals surface area contributed by atoms with Gasteiger partial charge >= 0.3 is 5.97 Å². The highest BCUT2D eigenvalue weighted by Crippen LogP contribution is 2.19. The topological polar surface area (TPSA) is 66.4 Å². The second-order valence-corrected chi connectivity index (χ2v) is 4.95. The fourth-order valence-electron chi connectivity index (χ4n) is 1.93. The summed E-state index contributed by atoms with van der Waals surface area (Å²) in [6.07, 6.45) is 0.630. The van der Waals surface area contributed by atoms with Crippen LogP contribution in [0.5, 0.6) is 0 Å². The first kappa shape index (κ1) is 16.1. The molecule has 1 aromatic rings. The third kappa shape index (κ3) is 3.79. The molecular formula is C15H20FNO3. The number of aliphatic carboxylic acids is 1. The van der Waals surface area contributed by atoms with Crippen LogP contribution in [0.15, 0.2) is 24.3 Å². The first-order valence-corrected chi connectivity index (χ1v) is 6.66. The summed E-state index contributed by atoms with van der Waals surface area (Å²) < 4.78 is 13.6. The predicted molar refractivity (Wildman–Crippen MR) is 73.8 cm³/mol. The standard InChI is InChI=1S/C15H20FNO3/c1-4-9(2)13(15(19)20)17-14(18)10(3)11-7-5-6-8-12(11)16/h5-10,13H,4H2,1-3H3,(H,17,18)(H,19,20)/t9-,10-,13-/m0/s1. The average molecular weight is 281 g/mol. The minimum absolute atomic E-state index is 0.190. The Labute approximate surface area is 118 Å². The summed E-state index contributed by atoms with van der Waals surface area (Å²) in [5.74, 6) is -2.95. The second-order valence-electron chi connectivity index (χ2n) is 4.95. The minimum Gasteiger partial charge on any atom is -0.480 e. The van der Waals surface area contributed by atoms with E-state index >= 15 is 0 Å². The number of carbonyl (C=O) groups excluding carboxylic acids is 1. The molecule has 0 fully saturated rings. The first-order chi connectivity index (χ1) is 9.38. The number of carbonyl (C=O) groups is 2. The van der Waals surface area contributed by atoms with Crippen molar-refractivity contribution in [2.24, 2.45) is 5.92 Å². The van der Waals surface area contributed by atoms with Crippen LogP contribution in [0, 0.1) is 11.7 Å². The third-order valence-electron chi connectivity index (χ3n) is 3.54. The molecule has 1 amide bonds. The molecule has 0 radical (unpaired) electrons. The zero-order valence-electron chi connectivity index (χ0n) is 11.9. The number of benzene rings is 1. The summed E-state index contributed by atoms with van der Waals surface area (Å²) in [4.78, 5) is 23.3. The zero-order valence-corrected chi connectivity index (χ0v) is 11.9. The van der Waals surface area contributed by atoms with Crippen LogP contribution < -0.4 is 5.32 Å². The molecule has 2 N–H and O–H groups in total. The lowest BCUT2D eigenvalue weighted by Crippen LogP contribution is -2.46. The number of carboxylic acids is 1. The van der Waals surface area contributed by atoms with Gasteiger partial charge in [-0.25, -0.2) is 9.18 Å². The van der Waals surface area contributed by atoms with E-state index in [-0.39, 0.29) is 11.5 Å². The van der Waals surface area contributed by atoms with E-state index in [1.54, 1.807) is 26.0 Å². The molecule has 0 spiro atoms. The summed E-state index contributed by atoms with van der Waals surface area (Å²) >= 11 is 0. The summed E-state index contributed by atoms with van der Waals surface area (Å²) in [5.41, 5.74) is 0.262. The summed E-state index contributed by atoms with van der Waals surface area (Å²) in [6.45, 7) is 5.17. The molecule has 0 aromatic heterocycles. The Morgan fingerprint density at radius 2 is 1.90 bits per heavy atom. The molecule has 0 aliphatic carbocycles. The molecule has 0 saturated carbocycles. The fraction of sp³-hybridized carbons (Fsp3) is 0.467. The fourth-order valence-corrected chi connectivity index (χ4v) is 1.93. The Hall–Kier alpha value is -1.91. The monoisotopic (exact) mass is 281 g/mol. The largest absolute Gasteiger partial charge is 0.480 e. The molecule has 3 atom stereocenters. The van der Waals surface area contributed by atoms with Crippen molar-refractivity contribution in [3.8, 4) is 0 Å². The van der Waals surface area contributed by atoms with Gasteiger partial charge in [0.05, 0.1) is 5.92 Å². The highest BCUT2D eigenvalue weighted by Gasteiger charge is 2.28. The molecule has 4 nitrogen and oxygen atoms in total. The van der Waals surface area contributed by atoms with Crippen molar-refractivity contribution in [1.82, 2.24) is 5.32 Å². The Balaban J connectivity index is 2.84. The lowest BCUT2D eigenvalue weighted by atomic mass is 9.96. The van der Waals surface area contributed by atoms with Crippen molar-refractivity contribution in [2.45, 2.75) is 39.2 Å². The molecule has 20 heavy (non-hydrogen) atoms. The van der Waals surface area contributed by atoms with E-state index in [9.17, 15) is 14.0 Å². The van der Waals surface area contributed by atoms with Crippen molar-refractivity contribution < 1.29 is 19.1 Å². The highest BCUT2D eigenvalue weighted by atomic mass is 19.1. The van der Waals surface area contributed by atoms with Crippen LogP contribution in [0.4, 0.5) is 4.39 Å². The molecule has 0 aliphatic heterocycles. The number of nitrogens with one attached hydrogen (secondary N) is 1. The van der Waals surface area contributed by atoms with Gasteiger partial charge in [-0.2, -0.15) is 0 Å². The van der Waals surface area contributed by atoms with Crippen LogP contribution in [0.25, 0.3) is 0 Å². The number of carboxylic acid groups (broad SMARTS) is 1. The zero-order chi connectivity index (χ0) is 15.3. The minimum atomic E-state index is -1.08. The van der Waals surface area contributed by atoms with Crippen LogP contribution in [-0.2, 0) is 9.59 Å². The van der Waals surface area contributed by atoms with Gasteiger partial charge in [-0.15, -0.1) is 0 Å². The van der Waals surface area contributed by atoms with E-state index in [0.29, 0.717) is 6.42 Å². The molecule has 5 heteroatoms. The van der Waals surface area contributed by atoms with E-state index < -0.39 is 29.7 Å². The lowest BCUT2D eigenvalue weighted by Gasteiger charge is -2.22. The van der Waals surface area contributed by atoms with Gasteiger partial charge in [0.1, 0.15) is 11.9 Å². The van der Waals surface area contributed by atoms with Gasteiger partial charge in [0.15, 0.2) is 0 Å². The van der Waals surface area contributed by atoms with Crippen LogP contribution in [-0.4, -0.2) is 23.0 Å². The number of hydrogen-bond donors (Lipinski definition) is 2. The van der Waals surface area contributed by atoms with Gasteiger partial charge in [-0.3, -0.25) is 4.79 Å². The van der Waals surface area contributed by atoms with Crippen molar-refractivity contribution >= 4 is 11.9 Å². The number of halogens is 1. The van der Waals surface area contributed by atoms with Crippen molar-refractivity contribution in [3.05, 3.63) is 35.6 Å². The van der Waals surface area contributed by atoms with Crippen LogP contribution in [0.3, 0.4) is 0 Å². The van der Waals surface area contributed by atoms with Crippen molar-refractivity contribution in [1.29, 1.82) is 0 Å². The molecule has 1 aromatic carbocycles. The van der Waals surface area contributed by atoms with E-state index in [0.717, 1.165) is 0 Å². The van der Waals surface area contributed by atoms with Gasteiger partial charge in [0.2, 0.25) is 5.91 Å². The molecule has 0 heterocycles. The summed E-state index contributed by atoms with van der Waals surface area (Å²) in [6, 6.07) is 5.04. The Kier molecular flexibility index (Phi) is 5.67. The number of hydrogen-bond acceptors (Lipinski definition) is 2. The molecule has 0 unspecified atom stereocenters. The molecular weight excluding hydrogens is 261 g/mol. The average Bonchev–Trinajstić information content (AvgIpc) is 2.43. The second kappa shape index (κ2) is 7.03. The van der Waals surface area contributed by atoms with Crippen LogP contribution in [0.2, 0.25) is 0 Å². The number of rotatable bonds is 6. The van der Waals surface area contributed by atoms with Crippen molar-refractivity contribution in [2.75, 3.05) is 0 Å². The van der Waals surface area contributed by atoms with E-state index in [2.05, 4.69) is 5.32 Å². The quantitative estimate of drug-likeness (QED) is 0.842. The maximum Gasteiger partial charge on any atom is 0.326 e. The Morgan fingerprint density at radius 3 is 2.40 bits per heavy atom. The SMILES string of the molecule is CC[C@H](C)[C@H](NC(=O)[C@@H](C)c1ccccc1F)C(=O)O. The maximum atomic E-state index is 13.6. The first-order valence-electron chi connectivity index (χ1n) is 6.66. The van der Waals surface area contributed by atoms with Crippen LogP contribution >= 0.6 is 0 Å². The number of amides is 1. The van der Waals surface area contributed by atoms with Gasteiger partial charge in [0, 0.05) is 0 Å². The normalized spacial score (nSPS) is 15.2. The third-order valence-corrected chi connectivity index (χ3v) is 3.54. The summed E-state index contributed by atoms with van der Waals surface area (Å²) in [7, 11) is 0. The Bertz CT molecular complexity index is 490. The molecule has 0 saturated heterocycles. The van der Waals surface area contributed by atoms with Gasteiger partial charge in [-0.1, -0.05) is 38.5 Å². The van der Waals surface area contributed by atoms with Crippen molar-refractivity contribution in [3.63, 3.8) is 0 Å². The van der Waals surface area contributed by atoms with Gasteiger partial charge < -0.3 is 10.4 Å². The van der Waals surface area contributed by atoms with E-state index in [1.165, 1.54) is 12.1 Å². The van der Waals surface area contributed by atoms with Crippen LogP contribution in [0.1, 0.15) is 38.7 Å². The molecule has 0 aliphatic rings. The van der Waals surface area contributed by atoms with E-state index in [1.807, 2.05) is 6.92 Å². The van der Waals surface area contributed by atoms with Gasteiger partial charge in [-0.05, 0) is 24.5 Å². The summed E-state index contributed by atoms with van der Waals surface area (Å²) in [5, 5.41) is 11.6. The maximum absolute atomic E-state index is 13.6. The van der Waals surface area contributed by atoms with E-state index in [4.69, 9.17) is 5.11 Å². The lowest BCUT2D eigenvalue weighted by molar-refractivity contribution is -0.143. The molecule has 0 bridgehead atoms. The Morgan fingerprint density at radius 1 is 1.30 bits per heavy atom. The smallest absolute Gasteiger partial charge is 0.326 e. The van der Waals surface area contributed by atoms with Gasteiger partial charge in [0.25, 0.3) is 0 Å². The molecule has 110 valence electrons. The highest BCUT2D eigenvalue weighted by molar-refractivity contribution is 5.88. The molecule has 1 rings (SSSR count).